The molecule has 1 nitrogen and oxygen atoms in total. The molecule has 1 atom stereocenters. The van der Waals surface area contributed by atoms with Crippen LogP contribution in [-0.4, -0.2) is 7.05 Å². The minimum atomic E-state index is -0.155. The highest BCUT2D eigenvalue weighted by Gasteiger charge is 2.16. The van der Waals surface area contributed by atoms with Crippen molar-refractivity contribution in [2.45, 2.75) is 13.0 Å². The Morgan fingerprint density at radius 1 is 1.15 bits per heavy atom. The van der Waals surface area contributed by atoms with Gasteiger partial charge < -0.3 is 5.32 Å². The maximum Gasteiger partial charge on any atom is 0.126 e. The van der Waals surface area contributed by atoms with E-state index >= 15 is 0 Å². The number of hydrogen-bond donors (Lipinski definition) is 1. The molecular weight excluding hydrogens is 269 g/mol. The Labute approximate surface area is 122 Å². The van der Waals surface area contributed by atoms with Gasteiger partial charge in [0.15, 0.2) is 0 Å². The third-order valence-corrected chi connectivity index (χ3v) is 4.60. The smallest absolute Gasteiger partial charge is 0.126 e. The topological polar surface area (TPSA) is 12.0 Å². The summed E-state index contributed by atoms with van der Waals surface area (Å²) in [5.74, 6) is -0.155. The lowest BCUT2D eigenvalue weighted by Crippen LogP contribution is -2.18. The minimum Gasteiger partial charge on any atom is -0.309 e. The summed E-state index contributed by atoms with van der Waals surface area (Å²) >= 11 is 1.75. The van der Waals surface area contributed by atoms with E-state index < -0.39 is 0 Å². The monoisotopic (exact) mass is 285 g/mol. The molecule has 0 bridgehead atoms. The van der Waals surface area contributed by atoms with E-state index in [1.165, 1.54) is 15.6 Å². The van der Waals surface area contributed by atoms with Crippen LogP contribution in [0.2, 0.25) is 0 Å². The average Bonchev–Trinajstić information content (AvgIpc) is 2.93. The first-order chi connectivity index (χ1) is 9.70. The fourth-order valence-electron chi connectivity index (χ4n) is 2.59. The van der Waals surface area contributed by atoms with Crippen LogP contribution in [0.3, 0.4) is 0 Å². The molecule has 2 aromatic carbocycles. The second-order valence-corrected chi connectivity index (χ2v) is 5.83. The van der Waals surface area contributed by atoms with Gasteiger partial charge >= 0.3 is 0 Å². The molecule has 3 aromatic rings. The van der Waals surface area contributed by atoms with Gasteiger partial charge in [0, 0.05) is 4.70 Å². The maximum atomic E-state index is 13.5. The summed E-state index contributed by atoms with van der Waals surface area (Å²) in [4.78, 5) is 0. The zero-order valence-electron chi connectivity index (χ0n) is 11.5. The number of thiophene rings is 1. The summed E-state index contributed by atoms with van der Waals surface area (Å²) in [6, 6.07) is 13.9. The zero-order valence-corrected chi connectivity index (χ0v) is 12.3. The lowest BCUT2D eigenvalue weighted by molar-refractivity contribution is 0.614. The van der Waals surface area contributed by atoms with Crippen LogP contribution in [0, 0.1) is 12.7 Å². The minimum absolute atomic E-state index is 0.0802. The molecule has 0 spiro atoms. The fraction of sp³-hybridized carbons (Fsp3) is 0.176. The average molecular weight is 285 g/mol. The summed E-state index contributed by atoms with van der Waals surface area (Å²) in [5.41, 5.74) is 3.01. The van der Waals surface area contributed by atoms with Crippen molar-refractivity contribution in [3.63, 3.8) is 0 Å². The van der Waals surface area contributed by atoms with Crippen molar-refractivity contribution in [1.29, 1.82) is 0 Å². The molecule has 1 N–H and O–H groups in total. The van der Waals surface area contributed by atoms with Crippen LogP contribution in [0.15, 0.2) is 47.8 Å². The van der Waals surface area contributed by atoms with Crippen molar-refractivity contribution >= 4 is 21.4 Å². The molecule has 102 valence electrons. The van der Waals surface area contributed by atoms with E-state index in [9.17, 15) is 4.39 Å². The van der Waals surface area contributed by atoms with Gasteiger partial charge in [-0.2, -0.15) is 0 Å². The molecule has 0 amide bonds. The summed E-state index contributed by atoms with van der Waals surface area (Å²) < 4.78 is 14.7. The highest BCUT2D eigenvalue weighted by molar-refractivity contribution is 7.17. The van der Waals surface area contributed by atoms with Crippen LogP contribution in [0.25, 0.3) is 10.1 Å². The Morgan fingerprint density at radius 2 is 2.00 bits per heavy atom. The van der Waals surface area contributed by atoms with Gasteiger partial charge in [0.05, 0.1) is 6.04 Å². The van der Waals surface area contributed by atoms with Crippen molar-refractivity contribution in [1.82, 2.24) is 5.32 Å². The zero-order chi connectivity index (χ0) is 14.1. The molecule has 1 aromatic heterocycles. The largest absolute Gasteiger partial charge is 0.309 e. The molecule has 0 aliphatic heterocycles. The molecule has 0 saturated heterocycles. The van der Waals surface area contributed by atoms with E-state index in [1.54, 1.807) is 24.3 Å². The van der Waals surface area contributed by atoms with Crippen LogP contribution in [0.5, 0.6) is 0 Å². The van der Waals surface area contributed by atoms with Crippen molar-refractivity contribution < 1.29 is 4.39 Å². The normalized spacial score (nSPS) is 12.8. The summed E-state index contributed by atoms with van der Waals surface area (Å²) in [6.45, 7) is 1.80. The third kappa shape index (κ3) is 2.23. The molecule has 1 unspecified atom stereocenters. The van der Waals surface area contributed by atoms with Crippen LogP contribution in [-0.2, 0) is 0 Å². The first-order valence-corrected chi connectivity index (χ1v) is 7.48. The maximum absolute atomic E-state index is 13.5. The molecule has 1 heterocycles. The van der Waals surface area contributed by atoms with Gasteiger partial charge in [0.1, 0.15) is 5.82 Å². The summed E-state index contributed by atoms with van der Waals surface area (Å²) in [6.07, 6.45) is 0. The number of nitrogens with one attached hydrogen (secondary N) is 1. The van der Waals surface area contributed by atoms with Crippen LogP contribution < -0.4 is 5.32 Å². The van der Waals surface area contributed by atoms with Gasteiger partial charge in [-0.05, 0) is 53.6 Å². The standard InChI is InChI=1S/C17H16FNS/c1-11-10-13(6-7-15(11)18)16(19-2)14-5-3-4-12-8-9-20-17(12)14/h3-10,16,19H,1-2H3. The predicted molar refractivity (Wildman–Crippen MR) is 83.9 cm³/mol. The van der Waals surface area contributed by atoms with Gasteiger partial charge in [-0.1, -0.05) is 30.3 Å². The third-order valence-electron chi connectivity index (χ3n) is 3.62. The molecule has 0 fully saturated rings. The van der Waals surface area contributed by atoms with Crippen LogP contribution in [0.1, 0.15) is 22.7 Å². The van der Waals surface area contributed by atoms with Crippen molar-refractivity contribution in [2.75, 3.05) is 7.05 Å². The number of benzene rings is 2. The molecule has 0 radical (unpaired) electrons. The molecule has 0 saturated carbocycles. The molecule has 3 heteroatoms. The molecule has 3 rings (SSSR count). The highest BCUT2D eigenvalue weighted by Crippen LogP contribution is 2.32. The Kier molecular flexibility index (Phi) is 3.55. The van der Waals surface area contributed by atoms with Gasteiger partial charge in [0.2, 0.25) is 0 Å². The van der Waals surface area contributed by atoms with Crippen molar-refractivity contribution in [2.24, 2.45) is 0 Å². The SMILES string of the molecule is CNC(c1ccc(F)c(C)c1)c1cccc2ccsc12. The summed E-state index contributed by atoms with van der Waals surface area (Å²) in [5, 5.41) is 6.71. The van der Waals surface area contributed by atoms with Crippen molar-refractivity contribution in [3.8, 4) is 0 Å². The number of fused-ring (bicyclic) bond motifs is 1. The molecule has 0 aliphatic carbocycles. The van der Waals surface area contributed by atoms with E-state index in [-0.39, 0.29) is 11.9 Å². The van der Waals surface area contributed by atoms with Crippen LogP contribution >= 0.6 is 11.3 Å². The molecule has 0 aliphatic rings. The number of hydrogen-bond acceptors (Lipinski definition) is 2. The Morgan fingerprint density at radius 3 is 2.75 bits per heavy atom. The van der Waals surface area contributed by atoms with E-state index in [4.69, 9.17) is 0 Å². The van der Waals surface area contributed by atoms with Gasteiger partial charge in [-0.3, -0.25) is 0 Å². The first-order valence-electron chi connectivity index (χ1n) is 6.60. The van der Waals surface area contributed by atoms with Crippen molar-refractivity contribution in [3.05, 3.63) is 70.4 Å². The lowest BCUT2D eigenvalue weighted by Gasteiger charge is -2.19. The van der Waals surface area contributed by atoms with Gasteiger partial charge in [-0.15, -0.1) is 11.3 Å². The van der Waals surface area contributed by atoms with Gasteiger partial charge in [0.25, 0.3) is 0 Å². The first kappa shape index (κ1) is 13.3. The van der Waals surface area contributed by atoms with Crippen LogP contribution in [0.4, 0.5) is 4.39 Å². The molecule has 20 heavy (non-hydrogen) atoms. The Hall–Kier alpha value is -1.71. The second-order valence-electron chi connectivity index (χ2n) is 4.92. The van der Waals surface area contributed by atoms with E-state index in [0.717, 1.165) is 5.56 Å². The summed E-state index contributed by atoms with van der Waals surface area (Å²) in [7, 11) is 1.94. The predicted octanol–water partition coefficient (Wildman–Crippen LogP) is 4.66. The van der Waals surface area contributed by atoms with E-state index in [2.05, 4.69) is 35.0 Å². The number of rotatable bonds is 3. The number of halogens is 1. The van der Waals surface area contributed by atoms with E-state index in [1.807, 2.05) is 19.2 Å². The second kappa shape index (κ2) is 5.35. The quantitative estimate of drug-likeness (QED) is 0.738. The van der Waals surface area contributed by atoms with E-state index in [0.29, 0.717) is 5.56 Å². The Balaban J connectivity index is 2.13. The Bertz CT molecular complexity index is 748. The highest BCUT2D eigenvalue weighted by atomic mass is 32.1. The fourth-order valence-corrected chi connectivity index (χ4v) is 3.54. The molecular formula is C17H16FNS. The van der Waals surface area contributed by atoms with Gasteiger partial charge in [-0.25, -0.2) is 4.39 Å². The lowest BCUT2D eigenvalue weighted by atomic mass is 9.96. The number of aryl methyl sites for hydroxylation is 1.